The van der Waals surface area contributed by atoms with Crippen LogP contribution < -0.4 is 11.5 Å². The normalized spacial score (nSPS) is 22.8. The van der Waals surface area contributed by atoms with Gasteiger partial charge in [-0.3, -0.25) is 9.59 Å². The molecule has 86 valence electrons. The summed E-state index contributed by atoms with van der Waals surface area (Å²) in [6.07, 6.45) is 1.95. The zero-order valence-corrected chi connectivity index (χ0v) is 9.11. The third-order valence-corrected chi connectivity index (χ3v) is 2.83. The molecular formula is C10H19N3O2. The Labute approximate surface area is 89.8 Å². The number of primary amides is 1. The van der Waals surface area contributed by atoms with Crippen molar-refractivity contribution < 1.29 is 9.59 Å². The predicted octanol–water partition coefficient (Wildman–Crippen LogP) is -0.552. The van der Waals surface area contributed by atoms with E-state index in [2.05, 4.69) is 0 Å². The van der Waals surface area contributed by atoms with E-state index >= 15 is 0 Å². The van der Waals surface area contributed by atoms with Crippen LogP contribution in [0.15, 0.2) is 0 Å². The zero-order chi connectivity index (χ0) is 11.4. The Morgan fingerprint density at radius 1 is 1.53 bits per heavy atom. The third-order valence-electron chi connectivity index (χ3n) is 2.83. The second kappa shape index (κ2) is 5.11. The fourth-order valence-electron chi connectivity index (χ4n) is 1.86. The molecule has 0 spiro atoms. The predicted molar refractivity (Wildman–Crippen MR) is 56.8 cm³/mol. The molecule has 0 bridgehead atoms. The Hall–Kier alpha value is -1.10. The van der Waals surface area contributed by atoms with Crippen molar-refractivity contribution in [3.63, 3.8) is 0 Å². The first-order chi connectivity index (χ1) is 7.06. The maximum Gasteiger partial charge on any atom is 0.240 e. The number of rotatable bonds is 4. The monoisotopic (exact) mass is 213 g/mol. The molecule has 2 unspecified atom stereocenters. The minimum Gasteiger partial charge on any atom is -0.368 e. The fourth-order valence-corrected chi connectivity index (χ4v) is 1.86. The molecule has 0 aromatic rings. The third kappa shape index (κ3) is 2.92. The molecule has 0 saturated carbocycles. The van der Waals surface area contributed by atoms with Crippen LogP contribution in [0.2, 0.25) is 0 Å². The van der Waals surface area contributed by atoms with Gasteiger partial charge in [-0.2, -0.15) is 0 Å². The fraction of sp³-hybridized carbons (Fsp3) is 0.800. The summed E-state index contributed by atoms with van der Waals surface area (Å²) in [5.74, 6) is -0.248. The molecule has 15 heavy (non-hydrogen) atoms. The van der Waals surface area contributed by atoms with Crippen molar-refractivity contribution in [2.75, 3.05) is 13.1 Å². The average molecular weight is 213 g/mol. The minimum absolute atomic E-state index is 0.00532. The summed E-state index contributed by atoms with van der Waals surface area (Å²) in [6.45, 7) is 3.05. The van der Waals surface area contributed by atoms with Crippen LogP contribution in [0.1, 0.15) is 26.2 Å². The van der Waals surface area contributed by atoms with Crippen LogP contribution in [0, 0.1) is 5.92 Å². The van der Waals surface area contributed by atoms with Crippen LogP contribution in [0.5, 0.6) is 0 Å². The van der Waals surface area contributed by atoms with E-state index in [1.165, 1.54) is 0 Å². The van der Waals surface area contributed by atoms with Crippen molar-refractivity contribution in [3.05, 3.63) is 0 Å². The van der Waals surface area contributed by atoms with Gasteiger partial charge < -0.3 is 16.4 Å². The van der Waals surface area contributed by atoms with Gasteiger partial charge in [0.2, 0.25) is 11.8 Å². The summed E-state index contributed by atoms with van der Waals surface area (Å²) < 4.78 is 0. The summed E-state index contributed by atoms with van der Waals surface area (Å²) in [5, 5.41) is 0. The molecule has 0 aromatic carbocycles. The summed E-state index contributed by atoms with van der Waals surface area (Å²) in [5.41, 5.74) is 10.7. The number of hydrogen-bond acceptors (Lipinski definition) is 3. The first-order valence-electron chi connectivity index (χ1n) is 5.35. The number of carbonyl (C=O) groups is 2. The van der Waals surface area contributed by atoms with Crippen LogP contribution in [0.3, 0.4) is 0 Å². The second-order valence-electron chi connectivity index (χ2n) is 4.19. The maximum atomic E-state index is 11.8. The van der Waals surface area contributed by atoms with E-state index in [9.17, 15) is 9.59 Å². The molecule has 1 fully saturated rings. The molecule has 0 radical (unpaired) electrons. The Morgan fingerprint density at radius 3 is 2.73 bits per heavy atom. The van der Waals surface area contributed by atoms with Crippen LogP contribution >= 0.6 is 0 Å². The number of hydrogen-bond donors (Lipinski definition) is 2. The molecule has 2 atom stereocenters. The minimum atomic E-state index is -0.402. The summed E-state index contributed by atoms with van der Waals surface area (Å²) >= 11 is 0. The molecule has 1 heterocycles. The van der Waals surface area contributed by atoms with Gasteiger partial charge in [-0.25, -0.2) is 0 Å². The molecule has 2 amide bonds. The summed E-state index contributed by atoms with van der Waals surface area (Å²) in [7, 11) is 0. The van der Waals surface area contributed by atoms with Gasteiger partial charge in [0.25, 0.3) is 0 Å². The lowest BCUT2D eigenvalue weighted by atomic mass is 10.1. The molecule has 4 N–H and O–H groups in total. The van der Waals surface area contributed by atoms with Gasteiger partial charge >= 0.3 is 0 Å². The second-order valence-corrected chi connectivity index (χ2v) is 4.19. The highest BCUT2D eigenvalue weighted by atomic mass is 16.2. The first-order valence-corrected chi connectivity index (χ1v) is 5.35. The highest BCUT2D eigenvalue weighted by Gasteiger charge is 2.32. The lowest BCUT2D eigenvalue weighted by molar-refractivity contribution is -0.137. The standard InChI is InChI=1S/C10H19N3O2/c1-7(6-11)5-9(14)13-4-2-3-8(13)10(12)15/h7-8H,2-6,11H2,1H3,(H2,12,15). The molecule has 0 aliphatic carbocycles. The molecule has 1 saturated heterocycles. The quantitative estimate of drug-likeness (QED) is 0.656. The lowest BCUT2D eigenvalue weighted by Gasteiger charge is -2.23. The smallest absolute Gasteiger partial charge is 0.240 e. The van der Waals surface area contributed by atoms with Crippen molar-refractivity contribution >= 4 is 11.8 Å². The topological polar surface area (TPSA) is 89.4 Å². The van der Waals surface area contributed by atoms with Gasteiger partial charge in [-0.05, 0) is 25.3 Å². The number of carbonyl (C=O) groups excluding carboxylic acids is 2. The van der Waals surface area contributed by atoms with E-state index in [-0.39, 0.29) is 11.8 Å². The van der Waals surface area contributed by atoms with E-state index in [4.69, 9.17) is 11.5 Å². The Kier molecular flexibility index (Phi) is 4.08. The number of likely N-dealkylation sites (tertiary alicyclic amines) is 1. The SMILES string of the molecule is CC(CN)CC(=O)N1CCCC1C(N)=O. The molecule has 5 heteroatoms. The molecule has 1 aliphatic heterocycles. The van der Waals surface area contributed by atoms with Crippen LogP contribution in [0.25, 0.3) is 0 Å². The zero-order valence-electron chi connectivity index (χ0n) is 9.11. The molecule has 1 rings (SSSR count). The Bertz CT molecular complexity index is 255. The summed E-state index contributed by atoms with van der Waals surface area (Å²) in [6, 6.07) is -0.400. The lowest BCUT2D eigenvalue weighted by Crippen LogP contribution is -2.44. The largest absolute Gasteiger partial charge is 0.368 e. The van der Waals surface area contributed by atoms with E-state index < -0.39 is 11.9 Å². The highest BCUT2D eigenvalue weighted by Crippen LogP contribution is 2.19. The van der Waals surface area contributed by atoms with E-state index in [0.717, 1.165) is 6.42 Å². The summed E-state index contributed by atoms with van der Waals surface area (Å²) in [4.78, 5) is 24.5. The molecule has 0 aromatic heterocycles. The van der Waals surface area contributed by atoms with E-state index in [1.54, 1.807) is 4.90 Å². The Morgan fingerprint density at radius 2 is 2.20 bits per heavy atom. The van der Waals surface area contributed by atoms with Crippen molar-refractivity contribution in [1.29, 1.82) is 0 Å². The molecular weight excluding hydrogens is 194 g/mol. The van der Waals surface area contributed by atoms with Crippen LogP contribution in [-0.2, 0) is 9.59 Å². The Balaban J connectivity index is 2.55. The van der Waals surface area contributed by atoms with Gasteiger partial charge in [0.1, 0.15) is 6.04 Å². The van der Waals surface area contributed by atoms with E-state index in [0.29, 0.717) is 25.9 Å². The van der Waals surface area contributed by atoms with Crippen molar-refractivity contribution in [2.45, 2.75) is 32.2 Å². The number of amides is 2. The van der Waals surface area contributed by atoms with Gasteiger partial charge in [-0.15, -0.1) is 0 Å². The highest BCUT2D eigenvalue weighted by molar-refractivity contribution is 5.87. The number of nitrogens with zero attached hydrogens (tertiary/aromatic N) is 1. The van der Waals surface area contributed by atoms with Crippen LogP contribution in [0.4, 0.5) is 0 Å². The average Bonchev–Trinajstić information content (AvgIpc) is 2.65. The van der Waals surface area contributed by atoms with Gasteiger partial charge in [0.15, 0.2) is 0 Å². The van der Waals surface area contributed by atoms with Crippen molar-refractivity contribution in [1.82, 2.24) is 4.90 Å². The molecule has 1 aliphatic rings. The maximum absolute atomic E-state index is 11.8. The van der Waals surface area contributed by atoms with Gasteiger partial charge in [0, 0.05) is 13.0 Å². The van der Waals surface area contributed by atoms with E-state index in [1.807, 2.05) is 6.92 Å². The van der Waals surface area contributed by atoms with Crippen LogP contribution in [-0.4, -0.2) is 35.8 Å². The van der Waals surface area contributed by atoms with Crippen molar-refractivity contribution in [3.8, 4) is 0 Å². The first kappa shape index (κ1) is 12.0. The van der Waals surface area contributed by atoms with Crippen molar-refractivity contribution in [2.24, 2.45) is 17.4 Å². The van der Waals surface area contributed by atoms with Gasteiger partial charge in [-0.1, -0.05) is 6.92 Å². The number of nitrogens with two attached hydrogens (primary N) is 2. The van der Waals surface area contributed by atoms with Gasteiger partial charge in [0.05, 0.1) is 0 Å². The molecule has 5 nitrogen and oxygen atoms in total.